The number of anilines is 3. The van der Waals surface area contributed by atoms with Gasteiger partial charge in [0.15, 0.2) is 0 Å². The second kappa shape index (κ2) is 5.12. The molecule has 0 amide bonds. The van der Waals surface area contributed by atoms with E-state index in [9.17, 15) is 0 Å². The molecule has 0 aliphatic carbocycles. The lowest BCUT2D eigenvalue weighted by molar-refractivity contribution is 0.426. The zero-order valence-electron chi connectivity index (χ0n) is 14.3. The lowest BCUT2D eigenvalue weighted by atomic mass is 9.96. The van der Waals surface area contributed by atoms with Crippen LogP contribution in [0, 0.1) is 6.92 Å². The van der Waals surface area contributed by atoms with Crippen LogP contribution in [-0.2, 0) is 5.54 Å². The van der Waals surface area contributed by atoms with Crippen LogP contribution in [0.25, 0.3) is 0 Å². The number of rotatable bonds is 3. The molecule has 1 N–H and O–H groups in total. The highest BCUT2D eigenvalue weighted by molar-refractivity contribution is 5.82. The number of aromatic nitrogens is 3. The molecule has 0 spiro atoms. The van der Waals surface area contributed by atoms with E-state index in [1.165, 1.54) is 0 Å². The molecule has 0 radical (unpaired) electrons. The second-order valence-corrected chi connectivity index (χ2v) is 6.66. The number of fused-ring (bicyclic) bond motifs is 1. The number of oxazole rings is 1. The number of aryl methyl sites for hydroxylation is 1. The van der Waals surface area contributed by atoms with Crippen LogP contribution in [0.1, 0.15) is 32.2 Å². The number of aromatic amines is 1. The summed E-state index contributed by atoms with van der Waals surface area (Å²) >= 11 is 0. The molecular weight excluding hydrogens is 302 g/mol. The summed E-state index contributed by atoms with van der Waals surface area (Å²) in [6, 6.07) is 11.0. The van der Waals surface area contributed by atoms with Crippen molar-refractivity contribution in [3.8, 4) is 0 Å². The molecule has 0 fully saturated rings. The lowest BCUT2D eigenvalue weighted by Gasteiger charge is -2.40. The van der Waals surface area contributed by atoms with E-state index in [0.29, 0.717) is 6.01 Å². The minimum atomic E-state index is -0.266. The minimum absolute atomic E-state index is 0.0552. The summed E-state index contributed by atoms with van der Waals surface area (Å²) in [5.41, 5.74) is 4.05. The topological polar surface area (TPSA) is 61.2 Å². The van der Waals surface area contributed by atoms with E-state index < -0.39 is 0 Å². The molecule has 24 heavy (non-hydrogen) atoms. The standard InChI is InChI=1S/C18H21N5O/c1-12-11-16(21-20-12)18(3,4)23-13(2)22(17-19-9-10-24-17)14-7-5-6-8-15(14)23/h5-11,13H,1-4H3,(H,20,21). The first-order chi connectivity index (χ1) is 11.5. The van der Waals surface area contributed by atoms with Gasteiger partial charge in [0.1, 0.15) is 12.4 Å². The zero-order chi connectivity index (χ0) is 16.9. The largest absolute Gasteiger partial charge is 0.432 e. The summed E-state index contributed by atoms with van der Waals surface area (Å²) < 4.78 is 5.58. The number of H-pyrrole nitrogens is 1. The SMILES string of the molecule is Cc1cc(C(C)(C)N2c3ccccc3N(c3ncco3)C2C)[nH]n1. The quantitative estimate of drug-likeness (QED) is 0.791. The first kappa shape index (κ1) is 14.8. The van der Waals surface area contributed by atoms with E-state index in [-0.39, 0.29) is 11.7 Å². The molecule has 1 aliphatic rings. The van der Waals surface area contributed by atoms with Gasteiger partial charge in [0, 0.05) is 0 Å². The lowest BCUT2D eigenvalue weighted by Crippen LogP contribution is -2.49. The molecule has 0 saturated carbocycles. The Labute approximate surface area is 141 Å². The molecule has 1 aromatic carbocycles. The van der Waals surface area contributed by atoms with Gasteiger partial charge in [-0.15, -0.1) is 0 Å². The molecule has 4 rings (SSSR count). The van der Waals surface area contributed by atoms with E-state index in [0.717, 1.165) is 22.8 Å². The third-order valence-corrected chi connectivity index (χ3v) is 4.74. The Balaban J connectivity index is 1.85. The molecule has 124 valence electrons. The van der Waals surface area contributed by atoms with Gasteiger partial charge in [0.25, 0.3) is 0 Å². The summed E-state index contributed by atoms with van der Waals surface area (Å²) in [6.45, 7) is 8.56. The second-order valence-electron chi connectivity index (χ2n) is 6.66. The Morgan fingerprint density at radius 1 is 1.21 bits per heavy atom. The molecule has 3 heterocycles. The summed E-state index contributed by atoms with van der Waals surface area (Å²) in [5, 5.41) is 7.48. The summed E-state index contributed by atoms with van der Waals surface area (Å²) in [5.74, 6) is 0. The van der Waals surface area contributed by atoms with Crippen LogP contribution in [0.3, 0.4) is 0 Å². The molecule has 3 aromatic rings. The highest BCUT2D eigenvalue weighted by Gasteiger charge is 2.44. The van der Waals surface area contributed by atoms with Gasteiger partial charge in [-0.1, -0.05) is 12.1 Å². The van der Waals surface area contributed by atoms with Gasteiger partial charge in [-0.2, -0.15) is 5.10 Å². The van der Waals surface area contributed by atoms with Crippen molar-refractivity contribution in [2.45, 2.75) is 39.4 Å². The number of nitrogens with one attached hydrogen (secondary N) is 1. The van der Waals surface area contributed by atoms with Crippen LogP contribution < -0.4 is 9.80 Å². The fourth-order valence-electron chi connectivity index (χ4n) is 3.62. The van der Waals surface area contributed by atoms with Crippen molar-refractivity contribution in [1.82, 2.24) is 15.2 Å². The van der Waals surface area contributed by atoms with Crippen molar-refractivity contribution in [2.75, 3.05) is 9.80 Å². The molecule has 6 nitrogen and oxygen atoms in total. The van der Waals surface area contributed by atoms with E-state index in [2.05, 4.69) is 70.0 Å². The van der Waals surface area contributed by atoms with Crippen molar-refractivity contribution in [1.29, 1.82) is 0 Å². The van der Waals surface area contributed by atoms with Gasteiger partial charge in [-0.05, 0) is 45.9 Å². The number of hydrogen-bond acceptors (Lipinski definition) is 5. The number of benzene rings is 1. The highest BCUT2D eigenvalue weighted by atomic mass is 16.4. The molecule has 0 bridgehead atoms. The first-order valence-electron chi connectivity index (χ1n) is 8.10. The van der Waals surface area contributed by atoms with E-state index in [1.807, 2.05) is 13.0 Å². The van der Waals surface area contributed by atoms with Crippen LogP contribution in [0.2, 0.25) is 0 Å². The van der Waals surface area contributed by atoms with Crippen LogP contribution in [0.4, 0.5) is 17.4 Å². The normalized spacial score (nSPS) is 17.4. The monoisotopic (exact) mass is 323 g/mol. The average molecular weight is 323 g/mol. The summed E-state index contributed by atoms with van der Waals surface area (Å²) in [4.78, 5) is 8.85. The van der Waals surface area contributed by atoms with Gasteiger partial charge in [-0.3, -0.25) is 10.00 Å². The fraction of sp³-hybridized carbons (Fsp3) is 0.333. The first-order valence-corrected chi connectivity index (χ1v) is 8.10. The van der Waals surface area contributed by atoms with E-state index in [4.69, 9.17) is 4.42 Å². The maximum atomic E-state index is 5.58. The highest BCUT2D eigenvalue weighted by Crippen LogP contribution is 2.48. The zero-order valence-corrected chi connectivity index (χ0v) is 14.3. The van der Waals surface area contributed by atoms with Crippen molar-refractivity contribution in [2.24, 2.45) is 0 Å². The summed E-state index contributed by atoms with van der Waals surface area (Å²) in [7, 11) is 0. The van der Waals surface area contributed by atoms with Crippen molar-refractivity contribution >= 4 is 17.4 Å². The summed E-state index contributed by atoms with van der Waals surface area (Å²) in [6.07, 6.45) is 3.34. The van der Waals surface area contributed by atoms with Gasteiger partial charge >= 0.3 is 6.01 Å². The van der Waals surface area contributed by atoms with Gasteiger partial charge in [0.2, 0.25) is 0 Å². The fourth-order valence-corrected chi connectivity index (χ4v) is 3.62. The van der Waals surface area contributed by atoms with Crippen molar-refractivity contribution < 1.29 is 4.42 Å². The minimum Gasteiger partial charge on any atom is -0.432 e. The molecule has 1 aliphatic heterocycles. The predicted octanol–water partition coefficient (Wildman–Crippen LogP) is 3.95. The molecule has 0 saturated heterocycles. The predicted molar refractivity (Wildman–Crippen MR) is 93.4 cm³/mol. The van der Waals surface area contributed by atoms with E-state index >= 15 is 0 Å². The Kier molecular flexibility index (Phi) is 3.16. The number of hydrogen-bond donors (Lipinski definition) is 1. The average Bonchev–Trinajstić information content (AvgIpc) is 3.25. The molecule has 1 unspecified atom stereocenters. The molecule has 2 aromatic heterocycles. The van der Waals surface area contributed by atoms with Gasteiger partial charge in [-0.25, -0.2) is 4.98 Å². The smallest absolute Gasteiger partial charge is 0.303 e. The Hall–Kier alpha value is -2.76. The van der Waals surface area contributed by atoms with Crippen molar-refractivity contribution in [3.63, 3.8) is 0 Å². The van der Waals surface area contributed by atoms with Crippen LogP contribution in [0.15, 0.2) is 47.2 Å². The Morgan fingerprint density at radius 3 is 2.58 bits per heavy atom. The van der Waals surface area contributed by atoms with Gasteiger partial charge in [0.05, 0.1) is 34.5 Å². The van der Waals surface area contributed by atoms with Crippen LogP contribution in [-0.4, -0.2) is 21.3 Å². The maximum absolute atomic E-state index is 5.58. The van der Waals surface area contributed by atoms with E-state index in [1.54, 1.807) is 12.5 Å². The third-order valence-electron chi connectivity index (χ3n) is 4.74. The molecule has 6 heteroatoms. The number of para-hydroxylation sites is 2. The van der Waals surface area contributed by atoms with Crippen LogP contribution in [0.5, 0.6) is 0 Å². The third kappa shape index (κ3) is 2.02. The van der Waals surface area contributed by atoms with Crippen molar-refractivity contribution in [3.05, 3.63) is 54.2 Å². The van der Waals surface area contributed by atoms with Gasteiger partial charge < -0.3 is 9.32 Å². The molecular formula is C18H21N5O. The Morgan fingerprint density at radius 2 is 1.96 bits per heavy atom. The number of nitrogens with zero attached hydrogens (tertiary/aromatic N) is 4. The molecule has 1 atom stereocenters. The Bertz CT molecular complexity index is 852. The maximum Gasteiger partial charge on any atom is 0.303 e. The van der Waals surface area contributed by atoms with Crippen LogP contribution >= 0.6 is 0 Å².